The van der Waals surface area contributed by atoms with E-state index in [1.165, 1.54) is 31.2 Å². The highest BCUT2D eigenvalue weighted by Crippen LogP contribution is 2.47. The number of anilines is 1. The SMILES string of the molecule is C[C@H](c1c(Cl)ccc(C2CC2)c1Cl)n1nnc2cnc(-c3cnn(C)c3N3CCCC3)cc21. The maximum atomic E-state index is 6.86. The van der Waals surface area contributed by atoms with Gasteiger partial charge in [-0.05, 0) is 56.2 Å². The molecule has 1 saturated carbocycles. The predicted molar refractivity (Wildman–Crippen MR) is 131 cm³/mol. The second-order valence-corrected chi connectivity index (χ2v) is 9.89. The minimum atomic E-state index is -0.170. The van der Waals surface area contributed by atoms with Crippen molar-refractivity contribution in [3.8, 4) is 11.3 Å². The number of aromatic nitrogens is 6. The van der Waals surface area contributed by atoms with Gasteiger partial charge in [0.2, 0.25) is 0 Å². The Hall–Kier alpha value is -2.64. The Labute approximate surface area is 202 Å². The van der Waals surface area contributed by atoms with E-state index >= 15 is 0 Å². The molecule has 2 aliphatic rings. The first-order chi connectivity index (χ1) is 16.0. The number of halogens is 2. The zero-order chi connectivity index (χ0) is 22.7. The average molecular weight is 482 g/mol. The van der Waals surface area contributed by atoms with Crippen molar-refractivity contribution >= 4 is 40.1 Å². The number of pyridine rings is 1. The van der Waals surface area contributed by atoms with Gasteiger partial charge in [0.25, 0.3) is 0 Å². The van der Waals surface area contributed by atoms with Gasteiger partial charge >= 0.3 is 0 Å². The van der Waals surface area contributed by atoms with Crippen LogP contribution in [-0.2, 0) is 7.05 Å². The summed E-state index contributed by atoms with van der Waals surface area (Å²) in [6.45, 7) is 4.15. The van der Waals surface area contributed by atoms with Gasteiger partial charge in [0.15, 0.2) is 0 Å². The number of fused-ring (bicyclic) bond motifs is 1. The molecule has 4 aromatic rings. The summed E-state index contributed by atoms with van der Waals surface area (Å²) in [5.41, 5.74) is 5.59. The number of hydrogen-bond acceptors (Lipinski definition) is 5. The van der Waals surface area contributed by atoms with Crippen molar-refractivity contribution in [2.75, 3.05) is 18.0 Å². The van der Waals surface area contributed by atoms with Crippen LogP contribution in [-0.4, -0.2) is 42.8 Å². The molecule has 1 aromatic carbocycles. The molecule has 1 saturated heterocycles. The largest absolute Gasteiger partial charge is 0.356 e. The Morgan fingerprint density at radius 2 is 1.88 bits per heavy atom. The van der Waals surface area contributed by atoms with E-state index in [1.807, 2.05) is 28.7 Å². The minimum Gasteiger partial charge on any atom is -0.356 e. The van der Waals surface area contributed by atoms with Crippen molar-refractivity contribution < 1.29 is 0 Å². The predicted octanol–water partition coefficient (Wildman–Crippen LogP) is 5.62. The topological polar surface area (TPSA) is 64.7 Å². The Kier molecular flexibility index (Phi) is 5.07. The summed E-state index contributed by atoms with van der Waals surface area (Å²) in [6.07, 6.45) is 8.44. The molecular weight excluding hydrogens is 457 g/mol. The van der Waals surface area contributed by atoms with Crippen LogP contribution < -0.4 is 4.90 Å². The lowest BCUT2D eigenvalue weighted by Gasteiger charge is -2.20. The lowest BCUT2D eigenvalue weighted by molar-refractivity contribution is 0.560. The first-order valence-corrected chi connectivity index (χ1v) is 12.2. The van der Waals surface area contributed by atoms with Gasteiger partial charge in [-0.3, -0.25) is 9.67 Å². The van der Waals surface area contributed by atoms with E-state index < -0.39 is 0 Å². The Balaban J connectivity index is 1.44. The molecule has 0 radical (unpaired) electrons. The molecule has 0 unspecified atom stereocenters. The van der Waals surface area contributed by atoms with Gasteiger partial charge in [0, 0.05) is 30.7 Å². The van der Waals surface area contributed by atoms with Crippen LogP contribution >= 0.6 is 23.2 Å². The van der Waals surface area contributed by atoms with Gasteiger partial charge in [-0.15, -0.1) is 5.10 Å². The second-order valence-electron chi connectivity index (χ2n) is 9.11. The van der Waals surface area contributed by atoms with Gasteiger partial charge in [-0.25, -0.2) is 4.68 Å². The van der Waals surface area contributed by atoms with Crippen molar-refractivity contribution in [1.82, 2.24) is 29.8 Å². The van der Waals surface area contributed by atoms with Gasteiger partial charge in [-0.2, -0.15) is 5.10 Å². The quantitative estimate of drug-likeness (QED) is 0.370. The molecular formula is C24H25Cl2N7. The third-order valence-electron chi connectivity index (χ3n) is 6.90. The van der Waals surface area contributed by atoms with Crippen LogP contribution in [0, 0.1) is 0 Å². The molecule has 0 amide bonds. The van der Waals surface area contributed by atoms with Crippen molar-refractivity contribution in [3.05, 3.63) is 51.8 Å². The van der Waals surface area contributed by atoms with E-state index in [4.69, 9.17) is 28.2 Å². The summed E-state index contributed by atoms with van der Waals surface area (Å²) in [4.78, 5) is 7.08. The van der Waals surface area contributed by atoms with Gasteiger partial charge in [0.1, 0.15) is 11.3 Å². The van der Waals surface area contributed by atoms with E-state index in [1.54, 1.807) is 6.20 Å². The fourth-order valence-electron chi connectivity index (χ4n) is 4.99. The summed E-state index contributed by atoms with van der Waals surface area (Å²) < 4.78 is 3.84. The second kappa shape index (κ2) is 7.99. The lowest BCUT2D eigenvalue weighted by atomic mass is 10.0. The lowest BCUT2D eigenvalue weighted by Crippen LogP contribution is -2.21. The number of hydrogen-bond donors (Lipinski definition) is 0. The minimum absolute atomic E-state index is 0.170. The third-order valence-corrected chi connectivity index (χ3v) is 7.66. The summed E-state index contributed by atoms with van der Waals surface area (Å²) in [5.74, 6) is 1.65. The van der Waals surface area contributed by atoms with Crippen molar-refractivity contribution in [2.24, 2.45) is 7.05 Å². The molecule has 9 heteroatoms. The highest BCUT2D eigenvalue weighted by molar-refractivity contribution is 6.36. The van der Waals surface area contributed by atoms with Crippen molar-refractivity contribution in [2.45, 2.75) is 44.6 Å². The molecule has 6 rings (SSSR count). The summed E-state index contributed by atoms with van der Waals surface area (Å²) >= 11 is 13.5. The maximum Gasteiger partial charge on any atom is 0.136 e. The van der Waals surface area contributed by atoms with Crippen LogP contribution in [0.15, 0.2) is 30.6 Å². The van der Waals surface area contributed by atoms with E-state index in [0.29, 0.717) is 10.9 Å². The van der Waals surface area contributed by atoms with Gasteiger partial charge < -0.3 is 4.90 Å². The third kappa shape index (κ3) is 3.49. The molecule has 2 fully saturated rings. The molecule has 7 nitrogen and oxygen atoms in total. The van der Waals surface area contributed by atoms with Crippen LogP contribution in [0.5, 0.6) is 0 Å². The van der Waals surface area contributed by atoms with E-state index in [2.05, 4.69) is 39.4 Å². The highest BCUT2D eigenvalue weighted by atomic mass is 35.5. The monoisotopic (exact) mass is 481 g/mol. The Morgan fingerprint density at radius 1 is 1.09 bits per heavy atom. The molecule has 4 heterocycles. The zero-order valence-electron chi connectivity index (χ0n) is 18.7. The van der Waals surface area contributed by atoms with Crippen LogP contribution in [0.25, 0.3) is 22.3 Å². The van der Waals surface area contributed by atoms with Gasteiger partial charge in [-0.1, -0.05) is 34.5 Å². The molecule has 170 valence electrons. The molecule has 33 heavy (non-hydrogen) atoms. The Morgan fingerprint density at radius 3 is 2.64 bits per heavy atom. The first kappa shape index (κ1) is 20.9. The van der Waals surface area contributed by atoms with Crippen LogP contribution in [0.2, 0.25) is 10.0 Å². The summed E-state index contributed by atoms with van der Waals surface area (Å²) in [7, 11) is 1.99. The van der Waals surface area contributed by atoms with Crippen LogP contribution in [0.3, 0.4) is 0 Å². The van der Waals surface area contributed by atoms with Crippen LogP contribution in [0.4, 0.5) is 5.82 Å². The number of aryl methyl sites for hydroxylation is 1. The average Bonchev–Trinajstić information content (AvgIpc) is 3.19. The normalized spacial score (nSPS) is 17.3. The number of nitrogens with zero attached hydrogens (tertiary/aromatic N) is 7. The Bertz CT molecular complexity index is 1350. The number of rotatable bonds is 5. The highest BCUT2D eigenvalue weighted by Gasteiger charge is 2.30. The fourth-order valence-corrected chi connectivity index (χ4v) is 5.83. The standard InChI is InChI=1S/C24H25Cl2N7/c1-14(22-18(25)8-7-16(23(22)26)15-5-6-15)33-21-11-19(27-13-20(21)29-30-33)17-12-28-31(2)24(17)32-9-3-4-10-32/h7-8,11-15H,3-6,9-10H2,1-2H3/t14-/m1/s1. The summed E-state index contributed by atoms with van der Waals surface area (Å²) in [6, 6.07) is 5.89. The molecule has 0 N–H and O–H groups in total. The molecule has 1 aliphatic heterocycles. The number of benzene rings is 1. The molecule has 1 atom stereocenters. The molecule has 0 bridgehead atoms. The maximum absolute atomic E-state index is 6.86. The van der Waals surface area contributed by atoms with E-state index in [0.717, 1.165) is 51.8 Å². The molecule has 1 aliphatic carbocycles. The first-order valence-electron chi connectivity index (χ1n) is 11.5. The van der Waals surface area contributed by atoms with Crippen molar-refractivity contribution in [1.29, 1.82) is 0 Å². The zero-order valence-corrected chi connectivity index (χ0v) is 20.2. The molecule has 0 spiro atoms. The van der Waals surface area contributed by atoms with Crippen LogP contribution in [0.1, 0.15) is 55.7 Å². The van der Waals surface area contributed by atoms with Crippen molar-refractivity contribution in [3.63, 3.8) is 0 Å². The van der Waals surface area contributed by atoms with E-state index in [9.17, 15) is 0 Å². The summed E-state index contributed by atoms with van der Waals surface area (Å²) in [5, 5.41) is 14.8. The van der Waals surface area contributed by atoms with E-state index in [-0.39, 0.29) is 6.04 Å². The van der Waals surface area contributed by atoms with Gasteiger partial charge in [0.05, 0.1) is 40.2 Å². The smallest absolute Gasteiger partial charge is 0.136 e. The molecule has 3 aromatic heterocycles. The fraction of sp³-hybridized carbons (Fsp3) is 0.417.